The summed E-state index contributed by atoms with van der Waals surface area (Å²) < 4.78 is 40.0. The average molecular weight is 415 g/mol. The molecule has 0 aliphatic carbocycles. The van der Waals surface area contributed by atoms with Crippen LogP contribution in [0.15, 0.2) is 11.8 Å². The van der Waals surface area contributed by atoms with Crippen molar-refractivity contribution in [3.63, 3.8) is 0 Å². The van der Waals surface area contributed by atoms with Crippen molar-refractivity contribution in [1.29, 1.82) is 0 Å². The Morgan fingerprint density at radius 2 is 1.89 bits per heavy atom. The molecule has 2 rings (SSSR count). The third-order valence-corrected chi connectivity index (χ3v) is 4.62. The fraction of sp³-hybridized carbons (Fsp3) is 0.769. The van der Waals surface area contributed by atoms with Gasteiger partial charge < -0.3 is 44.8 Å². The minimum absolute atomic E-state index is 0.726. The molecule has 0 spiro atoms. The van der Waals surface area contributed by atoms with Crippen LogP contribution >= 0.6 is 0 Å². The van der Waals surface area contributed by atoms with E-state index in [4.69, 9.17) is 19.3 Å². The van der Waals surface area contributed by atoms with E-state index in [1.165, 1.54) is 0 Å². The van der Waals surface area contributed by atoms with E-state index in [9.17, 15) is 38.7 Å². The van der Waals surface area contributed by atoms with Crippen LogP contribution in [0, 0.1) is 0 Å². The normalized spacial score (nSPS) is 40.1. The summed E-state index contributed by atoms with van der Waals surface area (Å²) in [6.07, 6.45) is -10.2. The van der Waals surface area contributed by atoms with Crippen molar-refractivity contribution in [2.75, 3.05) is 12.9 Å². The highest BCUT2D eigenvalue weighted by Crippen LogP contribution is 2.28. The zero-order chi connectivity index (χ0) is 20.5. The summed E-state index contributed by atoms with van der Waals surface area (Å²) in [5.74, 6) is -2.28. The lowest BCUT2D eigenvalue weighted by atomic mass is 9.97. The maximum absolute atomic E-state index is 11.4. The molecule has 156 valence electrons. The van der Waals surface area contributed by atoms with Crippen molar-refractivity contribution in [1.82, 2.24) is 4.72 Å². The quantitative estimate of drug-likeness (QED) is 0.218. The van der Waals surface area contributed by atoms with Crippen molar-refractivity contribution < 1.29 is 58.1 Å². The van der Waals surface area contributed by atoms with Gasteiger partial charge in [0, 0.05) is 0 Å². The molecule has 0 bridgehead atoms. The van der Waals surface area contributed by atoms with Gasteiger partial charge in [0.1, 0.15) is 36.6 Å². The number of aliphatic carboxylic acids is 1. The summed E-state index contributed by atoms with van der Waals surface area (Å²) in [4.78, 5) is 11.0. The Morgan fingerprint density at radius 3 is 2.41 bits per heavy atom. The van der Waals surface area contributed by atoms with Gasteiger partial charge in [0.15, 0.2) is 6.29 Å². The number of aliphatic hydroxyl groups excluding tert-OH is 5. The van der Waals surface area contributed by atoms with Crippen molar-refractivity contribution in [2.45, 2.75) is 49.1 Å². The van der Waals surface area contributed by atoms with E-state index >= 15 is 0 Å². The minimum atomic E-state index is -3.89. The van der Waals surface area contributed by atoms with Crippen LogP contribution in [0.25, 0.3) is 0 Å². The van der Waals surface area contributed by atoms with E-state index in [0.29, 0.717) is 0 Å². The second-order valence-electron chi connectivity index (χ2n) is 6.06. The Morgan fingerprint density at radius 1 is 1.26 bits per heavy atom. The third kappa shape index (κ3) is 5.13. The third-order valence-electron chi connectivity index (χ3n) is 3.92. The van der Waals surface area contributed by atoms with Crippen molar-refractivity contribution in [3.05, 3.63) is 11.8 Å². The highest BCUT2D eigenvalue weighted by Gasteiger charge is 2.49. The van der Waals surface area contributed by atoms with E-state index in [-0.39, 0.29) is 0 Å². The minimum Gasteiger partial charge on any atom is -0.475 e. The van der Waals surface area contributed by atoms with Crippen molar-refractivity contribution in [3.8, 4) is 0 Å². The first-order valence-electron chi connectivity index (χ1n) is 7.67. The van der Waals surface area contributed by atoms with E-state index in [2.05, 4.69) is 0 Å². The molecule has 27 heavy (non-hydrogen) atoms. The Hall–Kier alpha value is -1.36. The van der Waals surface area contributed by atoms with Gasteiger partial charge in [-0.15, -0.1) is 0 Å². The van der Waals surface area contributed by atoms with Gasteiger partial charge in [0.05, 0.1) is 12.9 Å². The molecule has 0 aromatic carbocycles. The van der Waals surface area contributed by atoms with Crippen LogP contribution in [0.4, 0.5) is 0 Å². The SMILES string of the molecule is CS(=O)(=O)N[C@H]1C(O)O[C@H](CO)C(O[C@@H]2OC(C(=O)O)=C[C@@H](O)[C@@H]2O)[C@@H]1O. The van der Waals surface area contributed by atoms with Crippen LogP contribution in [0.3, 0.4) is 0 Å². The zero-order valence-electron chi connectivity index (χ0n) is 13.9. The number of aliphatic hydroxyl groups is 5. The smallest absolute Gasteiger partial charge is 0.371 e. The molecule has 8 atom stereocenters. The van der Waals surface area contributed by atoms with Crippen LogP contribution < -0.4 is 4.72 Å². The first-order chi connectivity index (χ1) is 12.4. The number of carboxylic acids is 1. The number of sulfonamides is 1. The molecule has 7 N–H and O–H groups in total. The fourth-order valence-electron chi connectivity index (χ4n) is 2.66. The first-order valence-corrected chi connectivity index (χ1v) is 9.57. The predicted molar refractivity (Wildman–Crippen MR) is 83.2 cm³/mol. The lowest BCUT2D eigenvalue weighted by Gasteiger charge is -2.44. The van der Waals surface area contributed by atoms with Gasteiger partial charge in [-0.1, -0.05) is 0 Å². The molecule has 2 aliphatic rings. The Kier molecular flexibility index (Phi) is 6.77. The molecule has 0 amide bonds. The van der Waals surface area contributed by atoms with Crippen molar-refractivity contribution in [2.24, 2.45) is 0 Å². The maximum atomic E-state index is 11.4. The van der Waals surface area contributed by atoms with Gasteiger partial charge >= 0.3 is 5.97 Å². The Labute approximate surface area is 153 Å². The highest BCUT2D eigenvalue weighted by molar-refractivity contribution is 7.88. The maximum Gasteiger partial charge on any atom is 0.371 e. The monoisotopic (exact) mass is 415 g/mol. The number of hydrogen-bond donors (Lipinski definition) is 7. The standard InChI is InChI=1S/C13H21NO12S/c1-27(22,23)14-7-9(18)10(6(3-15)24-12(7)21)26-13-8(17)4(16)2-5(25-13)11(19)20/h2,4,6-10,12-18,21H,3H2,1H3,(H,19,20)/t4-,6-,7-,8+,9-,10?,12?,13+/m1/s1. The van der Waals surface area contributed by atoms with Crippen LogP contribution in [-0.2, 0) is 29.0 Å². The summed E-state index contributed by atoms with van der Waals surface area (Å²) in [5, 5.41) is 58.2. The lowest BCUT2D eigenvalue weighted by Crippen LogP contribution is -2.65. The fourth-order valence-corrected chi connectivity index (χ4v) is 3.41. The molecular weight excluding hydrogens is 394 g/mol. The number of rotatable bonds is 6. The van der Waals surface area contributed by atoms with Crippen LogP contribution in [0.1, 0.15) is 0 Å². The Bertz CT molecular complexity index is 681. The second kappa shape index (κ2) is 8.34. The van der Waals surface area contributed by atoms with E-state index in [0.717, 1.165) is 12.3 Å². The number of hydrogen-bond acceptors (Lipinski definition) is 11. The zero-order valence-corrected chi connectivity index (χ0v) is 14.8. The number of ether oxygens (including phenoxy) is 3. The topological polar surface area (TPSA) is 212 Å². The summed E-state index contributed by atoms with van der Waals surface area (Å²) >= 11 is 0. The van der Waals surface area contributed by atoms with Gasteiger partial charge in [-0.3, -0.25) is 0 Å². The molecule has 13 nitrogen and oxygen atoms in total. The molecular formula is C13H21NO12S. The summed E-state index contributed by atoms with van der Waals surface area (Å²) in [5.41, 5.74) is 0. The van der Waals surface area contributed by atoms with Crippen molar-refractivity contribution >= 4 is 16.0 Å². The van der Waals surface area contributed by atoms with Gasteiger partial charge in [-0.05, 0) is 6.08 Å². The summed E-state index contributed by atoms with van der Waals surface area (Å²) in [6.45, 7) is -0.780. The lowest BCUT2D eigenvalue weighted by molar-refractivity contribution is -0.305. The molecule has 14 heteroatoms. The van der Waals surface area contributed by atoms with E-state index in [1.54, 1.807) is 0 Å². The summed E-state index contributed by atoms with van der Waals surface area (Å²) in [7, 11) is -3.89. The van der Waals surface area contributed by atoms with Crippen LogP contribution in [-0.4, -0.2) is 107 Å². The average Bonchev–Trinajstić information content (AvgIpc) is 2.56. The highest BCUT2D eigenvalue weighted by atomic mass is 32.2. The molecule has 1 fully saturated rings. The number of nitrogens with one attached hydrogen (secondary N) is 1. The van der Waals surface area contributed by atoms with Crippen LogP contribution in [0.2, 0.25) is 0 Å². The molecule has 0 radical (unpaired) electrons. The summed E-state index contributed by atoms with van der Waals surface area (Å²) in [6, 6.07) is -1.59. The van der Waals surface area contributed by atoms with Gasteiger partial charge in [-0.2, -0.15) is 0 Å². The van der Waals surface area contributed by atoms with Gasteiger partial charge in [-0.25, -0.2) is 17.9 Å². The predicted octanol–water partition coefficient (Wildman–Crippen LogP) is -4.59. The van der Waals surface area contributed by atoms with Gasteiger partial charge in [0.2, 0.25) is 22.1 Å². The number of carboxylic acid groups (broad SMARTS) is 1. The molecule has 2 aliphatic heterocycles. The van der Waals surface area contributed by atoms with Crippen LogP contribution in [0.5, 0.6) is 0 Å². The van der Waals surface area contributed by atoms with Gasteiger partial charge in [0.25, 0.3) is 0 Å². The molecule has 0 aromatic heterocycles. The molecule has 2 unspecified atom stereocenters. The molecule has 2 heterocycles. The van der Waals surface area contributed by atoms with E-state index in [1.807, 2.05) is 4.72 Å². The first kappa shape index (κ1) is 21.9. The molecule has 0 aromatic rings. The second-order valence-corrected chi connectivity index (χ2v) is 7.84. The largest absolute Gasteiger partial charge is 0.475 e. The number of carbonyl (C=O) groups is 1. The van der Waals surface area contributed by atoms with E-state index < -0.39 is 77.5 Å². The molecule has 0 saturated carbocycles. The molecule has 1 saturated heterocycles. The Balaban J connectivity index is 2.23.